The van der Waals surface area contributed by atoms with Gasteiger partial charge in [-0.05, 0) is 107 Å². The third kappa shape index (κ3) is 4.27. The fourth-order valence-corrected chi connectivity index (χ4v) is 8.95. The number of aromatic nitrogens is 9. The Balaban J connectivity index is 1.44. The van der Waals surface area contributed by atoms with E-state index in [1.165, 1.54) is 0 Å². The second-order valence-electron chi connectivity index (χ2n) is 12.7. The van der Waals surface area contributed by atoms with Crippen LogP contribution in [0.1, 0.15) is 33.6 Å². The quantitative estimate of drug-likeness (QED) is 0.172. The van der Waals surface area contributed by atoms with Crippen LogP contribution in [0.2, 0.25) is 0 Å². The first-order valence-corrected chi connectivity index (χ1v) is 17.6. The average molecular weight is 737 g/mol. The van der Waals surface area contributed by atoms with Gasteiger partial charge in [-0.2, -0.15) is 40.8 Å². The summed E-state index contributed by atoms with van der Waals surface area (Å²) in [6.45, 7) is 4.32. The fraction of sp³-hybridized carbons (Fsp3) is 0.0476. The van der Waals surface area contributed by atoms with Crippen molar-refractivity contribution >= 4 is 64.6 Å². The monoisotopic (exact) mass is 735 g/mol. The van der Waals surface area contributed by atoms with Crippen molar-refractivity contribution in [1.82, 2.24) is 45.4 Å². The Morgan fingerprint density at radius 1 is 0.423 bits per heavy atom. The average Bonchev–Trinajstić information content (AvgIpc) is 3.83. The van der Waals surface area contributed by atoms with Crippen LogP contribution >= 0.6 is 15.9 Å². The second kappa shape index (κ2) is 11.8. The predicted molar refractivity (Wildman–Crippen MR) is 207 cm³/mol. The summed E-state index contributed by atoms with van der Waals surface area (Å²) in [7, 11) is 0. The molecule has 246 valence electrons. The van der Waals surface area contributed by atoms with E-state index in [1.54, 1.807) is 24.8 Å². The first-order valence-electron chi connectivity index (χ1n) is 16.8. The molecule has 0 amide bonds. The smallest absolute Gasteiger partial charge is 0.0958 e. The topological polar surface area (TPSA) is 108 Å². The maximum atomic E-state index is 4.75. The van der Waals surface area contributed by atoms with Gasteiger partial charge in [0.1, 0.15) is 0 Å². The van der Waals surface area contributed by atoms with Gasteiger partial charge in [0.25, 0.3) is 0 Å². The summed E-state index contributed by atoms with van der Waals surface area (Å²) in [5.41, 5.74) is 16.2. The van der Waals surface area contributed by atoms with Crippen molar-refractivity contribution < 1.29 is 0 Å². The lowest BCUT2D eigenvalue weighted by molar-refractivity contribution is 1.00. The number of allylic oxidation sites excluding steroid dienone is 5. The van der Waals surface area contributed by atoms with Gasteiger partial charge in [-0.1, -0.05) is 36.4 Å². The molecule has 8 aromatic rings. The van der Waals surface area contributed by atoms with E-state index in [0.717, 1.165) is 110 Å². The maximum absolute atomic E-state index is 4.75. The molecule has 0 saturated heterocycles. The second-order valence-corrected chi connectivity index (χ2v) is 13.5. The number of hydrogen-bond donors (Lipinski definition) is 0. The zero-order chi connectivity index (χ0) is 34.9. The predicted octanol–water partition coefficient (Wildman–Crippen LogP) is 9.02. The van der Waals surface area contributed by atoms with Gasteiger partial charge in [-0.25, -0.2) is 0 Å². The molecule has 5 aromatic heterocycles. The molecule has 0 unspecified atom stereocenters. The van der Waals surface area contributed by atoms with Crippen LogP contribution in [0.4, 0.5) is 0 Å². The molecule has 2 aliphatic rings. The molecule has 0 bridgehead atoms. The Kier molecular flexibility index (Phi) is 6.87. The molecule has 3 aromatic carbocycles. The summed E-state index contributed by atoms with van der Waals surface area (Å²) in [6.07, 6.45) is 6.79. The van der Waals surface area contributed by atoms with E-state index < -0.39 is 0 Å². The van der Waals surface area contributed by atoms with Crippen LogP contribution in [0, 0.1) is 13.8 Å². The highest BCUT2D eigenvalue weighted by molar-refractivity contribution is 9.15. The number of halogens is 1. The largest absolute Gasteiger partial charge is 0.308 e. The molecule has 0 saturated carbocycles. The molecule has 0 fully saturated rings. The SMILES string of the molecule is Cc1c2c(c(C)c(-c3cccnn3)c1-c1cccnn1)C1=C(n3c4ccccc4c4ccccc43)C(c3cccnn3)=C(c3cccnn3)C1=C2Br. The summed E-state index contributed by atoms with van der Waals surface area (Å²) in [5.74, 6) is 0. The summed E-state index contributed by atoms with van der Waals surface area (Å²) in [4.78, 5) is 0. The minimum Gasteiger partial charge on any atom is -0.308 e. The van der Waals surface area contributed by atoms with E-state index in [2.05, 4.69) is 113 Å². The Hall–Kier alpha value is -6.52. The highest BCUT2D eigenvalue weighted by Gasteiger charge is 2.44. The van der Waals surface area contributed by atoms with E-state index >= 15 is 0 Å². The molecule has 52 heavy (non-hydrogen) atoms. The molecule has 2 aliphatic carbocycles. The van der Waals surface area contributed by atoms with Crippen molar-refractivity contribution in [3.63, 3.8) is 0 Å². The Morgan fingerprint density at radius 3 is 1.35 bits per heavy atom. The van der Waals surface area contributed by atoms with Crippen molar-refractivity contribution in [3.05, 3.63) is 161 Å². The molecular formula is C42H26BrN9. The van der Waals surface area contributed by atoms with Crippen molar-refractivity contribution in [2.75, 3.05) is 0 Å². The van der Waals surface area contributed by atoms with Gasteiger partial charge in [0.2, 0.25) is 0 Å². The molecule has 10 heteroatoms. The Labute approximate surface area is 306 Å². The fourth-order valence-electron chi connectivity index (χ4n) is 8.06. The number of fused-ring (bicyclic) bond motifs is 6. The summed E-state index contributed by atoms with van der Waals surface area (Å²) >= 11 is 4.20. The lowest BCUT2D eigenvalue weighted by Crippen LogP contribution is -2.06. The van der Waals surface area contributed by atoms with Crippen LogP contribution in [0.3, 0.4) is 0 Å². The minimum absolute atomic E-state index is 0.731. The van der Waals surface area contributed by atoms with Crippen LogP contribution in [-0.4, -0.2) is 45.4 Å². The summed E-state index contributed by atoms with van der Waals surface area (Å²) in [5, 5.41) is 38.4. The van der Waals surface area contributed by atoms with E-state index in [4.69, 9.17) is 10.2 Å². The third-order valence-corrected chi connectivity index (χ3v) is 10.8. The number of benzene rings is 3. The molecule has 0 atom stereocenters. The lowest BCUT2D eigenvalue weighted by Gasteiger charge is -2.22. The van der Waals surface area contributed by atoms with Gasteiger partial charge in [0.15, 0.2) is 0 Å². The van der Waals surface area contributed by atoms with Gasteiger partial charge >= 0.3 is 0 Å². The van der Waals surface area contributed by atoms with Gasteiger partial charge < -0.3 is 4.57 Å². The molecule has 5 heterocycles. The standard InChI is InChI=1S/C42H26BrN9/c1-23-33(27-13-7-19-44-48-27)34(28-14-8-20-45-49-28)24(2)36-35(23)40-39(41(36)43)37(29-15-9-21-46-50-29)38(30-16-10-22-47-51-30)42(40)52-31-17-5-3-11-25(31)26-12-4-6-18-32(26)52/h3-22H,1-2H3. The molecule has 0 radical (unpaired) electrons. The van der Waals surface area contributed by atoms with Crippen molar-refractivity contribution in [3.8, 4) is 22.5 Å². The molecule has 9 nitrogen and oxygen atoms in total. The summed E-state index contributed by atoms with van der Waals surface area (Å²) < 4.78 is 3.34. The Morgan fingerprint density at radius 2 is 0.865 bits per heavy atom. The van der Waals surface area contributed by atoms with Crippen LogP contribution in [0.15, 0.2) is 127 Å². The molecule has 0 N–H and O–H groups in total. The van der Waals surface area contributed by atoms with Gasteiger partial charge in [-0.3, -0.25) is 0 Å². The lowest BCUT2D eigenvalue weighted by atomic mass is 9.84. The maximum Gasteiger partial charge on any atom is 0.0958 e. The third-order valence-electron chi connectivity index (χ3n) is 10.0. The van der Waals surface area contributed by atoms with Crippen LogP contribution in [-0.2, 0) is 0 Å². The zero-order valence-electron chi connectivity index (χ0n) is 27.9. The van der Waals surface area contributed by atoms with Crippen molar-refractivity contribution in [1.29, 1.82) is 0 Å². The minimum atomic E-state index is 0.731. The number of para-hydroxylation sites is 2. The zero-order valence-corrected chi connectivity index (χ0v) is 29.5. The highest BCUT2D eigenvalue weighted by atomic mass is 79.9. The first kappa shape index (κ1) is 30.3. The normalized spacial score (nSPS) is 13.8. The molecule has 0 aliphatic heterocycles. The molecular weight excluding hydrogens is 710 g/mol. The Bertz CT molecular complexity index is 2790. The molecule has 10 rings (SSSR count). The van der Waals surface area contributed by atoms with Crippen LogP contribution in [0.5, 0.6) is 0 Å². The van der Waals surface area contributed by atoms with Gasteiger partial charge in [-0.15, -0.1) is 0 Å². The van der Waals surface area contributed by atoms with Gasteiger partial charge in [0, 0.05) is 79.0 Å². The number of hydrogen-bond acceptors (Lipinski definition) is 8. The van der Waals surface area contributed by atoms with E-state index in [-0.39, 0.29) is 0 Å². The number of rotatable bonds is 5. The van der Waals surface area contributed by atoms with Crippen LogP contribution in [0.25, 0.3) is 71.2 Å². The van der Waals surface area contributed by atoms with Crippen molar-refractivity contribution in [2.45, 2.75) is 13.8 Å². The number of nitrogens with zero attached hydrogens (tertiary/aromatic N) is 9. The first-order chi connectivity index (χ1) is 25.6. The van der Waals surface area contributed by atoms with E-state index in [1.807, 2.05) is 48.5 Å². The molecule has 0 spiro atoms. The van der Waals surface area contributed by atoms with Gasteiger partial charge in [0.05, 0.1) is 39.5 Å². The van der Waals surface area contributed by atoms with Crippen LogP contribution < -0.4 is 0 Å². The highest BCUT2D eigenvalue weighted by Crippen LogP contribution is 2.63. The van der Waals surface area contributed by atoms with E-state index in [0.29, 0.717) is 0 Å². The van der Waals surface area contributed by atoms with E-state index in [9.17, 15) is 0 Å². The summed E-state index contributed by atoms with van der Waals surface area (Å²) in [6, 6.07) is 32.8. The van der Waals surface area contributed by atoms with Crippen molar-refractivity contribution in [2.24, 2.45) is 0 Å².